The Balaban J connectivity index is 1.30. The average molecular weight is 497 g/mol. The number of hydrogen-bond donors (Lipinski definition) is 0. The van der Waals surface area contributed by atoms with E-state index in [-0.39, 0.29) is 29.2 Å². The summed E-state index contributed by atoms with van der Waals surface area (Å²) in [5.74, 6) is 1.06. The number of carbonyl (C=O) groups excluding carboxylic acids is 1. The molecule has 0 bridgehead atoms. The third-order valence-electron chi connectivity index (χ3n) is 7.38. The van der Waals surface area contributed by atoms with Crippen molar-refractivity contribution in [3.8, 4) is 22.5 Å². The van der Waals surface area contributed by atoms with Gasteiger partial charge in [-0.3, -0.25) is 9.36 Å². The van der Waals surface area contributed by atoms with Crippen molar-refractivity contribution in [2.45, 2.75) is 32.4 Å². The van der Waals surface area contributed by atoms with Crippen molar-refractivity contribution in [2.75, 3.05) is 13.1 Å². The van der Waals surface area contributed by atoms with Crippen LogP contribution in [0, 0.1) is 17.7 Å². The topological polar surface area (TPSA) is 60.1 Å². The van der Waals surface area contributed by atoms with Crippen molar-refractivity contribution in [3.05, 3.63) is 101 Å². The van der Waals surface area contributed by atoms with E-state index in [9.17, 15) is 14.0 Å². The predicted molar refractivity (Wildman–Crippen MR) is 140 cm³/mol. The first-order chi connectivity index (χ1) is 18.0. The third kappa shape index (κ3) is 4.99. The van der Waals surface area contributed by atoms with Crippen molar-refractivity contribution in [1.82, 2.24) is 19.2 Å². The minimum Gasteiger partial charge on any atom is -0.342 e. The number of halogens is 1. The molecule has 1 aliphatic heterocycles. The zero-order chi connectivity index (χ0) is 25.4. The molecular weight excluding hydrogens is 467 g/mol. The Kier molecular flexibility index (Phi) is 6.20. The monoisotopic (exact) mass is 496 g/mol. The summed E-state index contributed by atoms with van der Waals surface area (Å²) in [6, 6.07) is 24.1. The van der Waals surface area contributed by atoms with Gasteiger partial charge in [-0.15, -0.1) is 5.10 Å². The van der Waals surface area contributed by atoms with Crippen LogP contribution in [0.25, 0.3) is 22.5 Å². The van der Waals surface area contributed by atoms with Crippen LogP contribution >= 0.6 is 0 Å². The standard InChI is InChI=1S/C30H29FN4O2/c31-27-14-12-24(13-15-27)23-6-8-25(9-7-23)28-32-35(20-21-4-2-1-3-5-21)30(37)34(28)19-22-16-17-33(18-22)29(36)26-10-11-26/h1-9,12-15,22,26H,10-11,16-20H2/t22-/m1/s1. The lowest BCUT2D eigenvalue weighted by Crippen LogP contribution is -2.32. The van der Waals surface area contributed by atoms with E-state index in [1.54, 1.807) is 16.7 Å². The molecule has 1 aromatic heterocycles. The molecule has 4 aromatic rings. The van der Waals surface area contributed by atoms with E-state index in [1.165, 1.54) is 16.8 Å². The van der Waals surface area contributed by atoms with Crippen LogP contribution in [-0.2, 0) is 17.9 Å². The molecule has 2 aliphatic rings. The quantitative estimate of drug-likeness (QED) is 0.368. The van der Waals surface area contributed by atoms with Crippen LogP contribution in [0.3, 0.4) is 0 Å². The lowest BCUT2D eigenvalue weighted by atomic mass is 10.0. The summed E-state index contributed by atoms with van der Waals surface area (Å²) in [4.78, 5) is 28.1. The van der Waals surface area contributed by atoms with Gasteiger partial charge in [-0.05, 0) is 54.0 Å². The van der Waals surface area contributed by atoms with Crippen molar-refractivity contribution in [1.29, 1.82) is 0 Å². The van der Waals surface area contributed by atoms with E-state index in [4.69, 9.17) is 5.10 Å². The average Bonchev–Trinajstić information content (AvgIpc) is 3.61. The minimum atomic E-state index is -0.266. The maximum atomic E-state index is 13.6. The SMILES string of the molecule is O=C(C1CC1)N1CC[C@@H](Cn2c(-c3ccc(-c4ccc(F)cc4)cc3)nn(Cc3ccccc3)c2=O)C1. The van der Waals surface area contributed by atoms with Crippen LogP contribution in [0.5, 0.6) is 0 Å². The highest BCUT2D eigenvalue weighted by atomic mass is 19.1. The fourth-order valence-corrected chi connectivity index (χ4v) is 5.16. The molecule has 0 spiro atoms. The summed E-state index contributed by atoms with van der Waals surface area (Å²) in [7, 11) is 0. The van der Waals surface area contributed by atoms with Crippen LogP contribution < -0.4 is 5.69 Å². The van der Waals surface area contributed by atoms with E-state index in [1.807, 2.05) is 59.5 Å². The zero-order valence-electron chi connectivity index (χ0n) is 20.6. The lowest BCUT2D eigenvalue weighted by Gasteiger charge is -2.16. The minimum absolute atomic E-state index is 0.145. The molecule has 2 heterocycles. The molecule has 0 unspecified atom stereocenters. The highest BCUT2D eigenvalue weighted by Gasteiger charge is 2.37. The molecule has 0 radical (unpaired) electrons. The lowest BCUT2D eigenvalue weighted by molar-refractivity contribution is -0.131. The second-order valence-electron chi connectivity index (χ2n) is 10.2. The van der Waals surface area contributed by atoms with Gasteiger partial charge in [-0.1, -0.05) is 66.7 Å². The maximum Gasteiger partial charge on any atom is 0.346 e. The molecule has 188 valence electrons. The number of nitrogens with zero attached hydrogens (tertiary/aromatic N) is 4. The molecular formula is C30H29FN4O2. The van der Waals surface area contributed by atoms with E-state index in [2.05, 4.69) is 0 Å². The first-order valence-electron chi connectivity index (χ1n) is 12.9. The van der Waals surface area contributed by atoms with Gasteiger partial charge in [0.25, 0.3) is 0 Å². The number of likely N-dealkylation sites (tertiary alicyclic amines) is 1. The first-order valence-corrected chi connectivity index (χ1v) is 12.9. The highest BCUT2D eigenvalue weighted by Crippen LogP contribution is 2.33. The summed E-state index contributed by atoms with van der Waals surface area (Å²) in [5.41, 5.74) is 3.60. The maximum absolute atomic E-state index is 13.6. The predicted octanol–water partition coefficient (Wildman–Crippen LogP) is 4.82. The Hall–Kier alpha value is -4.00. The third-order valence-corrected chi connectivity index (χ3v) is 7.38. The Morgan fingerprint density at radius 2 is 1.51 bits per heavy atom. The van der Waals surface area contributed by atoms with Crippen LogP contribution in [0.1, 0.15) is 24.8 Å². The molecule has 6 rings (SSSR count). The largest absolute Gasteiger partial charge is 0.346 e. The van der Waals surface area contributed by atoms with Crippen molar-refractivity contribution >= 4 is 5.91 Å². The van der Waals surface area contributed by atoms with E-state index in [0.29, 0.717) is 25.5 Å². The van der Waals surface area contributed by atoms with Gasteiger partial charge in [0.15, 0.2) is 5.82 Å². The molecule has 1 saturated carbocycles. The Labute approximate surface area is 215 Å². The molecule has 1 atom stereocenters. The van der Waals surface area contributed by atoms with Gasteiger partial charge in [0, 0.05) is 31.1 Å². The van der Waals surface area contributed by atoms with Crippen LogP contribution in [0.4, 0.5) is 4.39 Å². The fraction of sp³-hybridized carbons (Fsp3) is 0.300. The van der Waals surface area contributed by atoms with Crippen molar-refractivity contribution < 1.29 is 9.18 Å². The van der Waals surface area contributed by atoms with Gasteiger partial charge in [0.2, 0.25) is 5.91 Å². The summed E-state index contributed by atoms with van der Waals surface area (Å²) < 4.78 is 16.6. The highest BCUT2D eigenvalue weighted by molar-refractivity contribution is 5.81. The summed E-state index contributed by atoms with van der Waals surface area (Å²) >= 11 is 0. The smallest absolute Gasteiger partial charge is 0.342 e. The van der Waals surface area contributed by atoms with Crippen molar-refractivity contribution in [3.63, 3.8) is 0 Å². The molecule has 1 aliphatic carbocycles. The summed E-state index contributed by atoms with van der Waals surface area (Å²) in [6.45, 7) is 2.37. The Morgan fingerprint density at radius 3 is 2.19 bits per heavy atom. The van der Waals surface area contributed by atoms with Gasteiger partial charge in [0.05, 0.1) is 6.54 Å². The normalized spacial score (nSPS) is 17.3. The molecule has 6 nitrogen and oxygen atoms in total. The second-order valence-corrected chi connectivity index (χ2v) is 10.2. The Bertz CT molecular complexity index is 1450. The zero-order valence-corrected chi connectivity index (χ0v) is 20.6. The number of aromatic nitrogens is 3. The van der Waals surface area contributed by atoms with Gasteiger partial charge in [0.1, 0.15) is 5.82 Å². The molecule has 37 heavy (non-hydrogen) atoms. The molecule has 0 N–H and O–H groups in total. The first kappa shape index (κ1) is 23.4. The van der Waals surface area contributed by atoms with Crippen molar-refractivity contribution in [2.24, 2.45) is 11.8 Å². The van der Waals surface area contributed by atoms with Crippen LogP contribution in [-0.4, -0.2) is 38.2 Å². The summed E-state index contributed by atoms with van der Waals surface area (Å²) in [6.07, 6.45) is 2.89. The van der Waals surface area contributed by atoms with Gasteiger partial charge < -0.3 is 4.90 Å². The number of rotatable bonds is 7. The fourth-order valence-electron chi connectivity index (χ4n) is 5.16. The second kappa shape index (κ2) is 9.81. The van der Waals surface area contributed by atoms with Crippen LogP contribution in [0.15, 0.2) is 83.7 Å². The molecule has 1 saturated heterocycles. The molecule has 3 aromatic carbocycles. The van der Waals surface area contributed by atoms with E-state index < -0.39 is 0 Å². The van der Waals surface area contributed by atoms with E-state index in [0.717, 1.165) is 48.1 Å². The van der Waals surface area contributed by atoms with Crippen LogP contribution in [0.2, 0.25) is 0 Å². The number of benzene rings is 3. The van der Waals surface area contributed by atoms with E-state index >= 15 is 0 Å². The van der Waals surface area contributed by atoms with Gasteiger partial charge in [-0.2, -0.15) is 0 Å². The number of carbonyl (C=O) groups is 1. The molecule has 7 heteroatoms. The number of amides is 1. The number of hydrogen-bond acceptors (Lipinski definition) is 3. The Morgan fingerprint density at radius 1 is 0.865 bits per heavy atom. The molecule has 2 fully saturated rings. The van der Waals surface area contributed by atoms with Gasteiger partial charge >= 0.3 is 5.69 Å². The summed E-state index contributed by atoms with van der Waals surface area (Å²) in [5, 5.41) is 4.76. The van der Waals surface area contributed by atoms with Gasteiger partial charge in [-0.25, -0.2) is 13.9 Å². The molecule has 1 amide bonds.